The fourth-order valence-corrected chi connectivity index (χ4v) is 7.75. The van der Waals surface area contributed by atoms with Crippen molar-refractivity contribution in [2.45, 2.75) is 71.1 Å². The molecule has 2 aromatic carbocycles. The van der Waals surface area contributed by atoms with Crippen LogP contribution in [0.3, 0.4) is 0 Å². The largest absolute Gasteiger partial charge is 0.489 e. The molecule has 1 N–H and O–H groups in total. The minimum absolute atomic E-state index is 0.339. The van der Waals surface area contributed by atoms with Gasteiger partial charge in [-0.1, -0.05) is 55.2 Å². The number of ether oxygens (including phenoxy) is 1. The van der Waals surface area contributed by atoms with Crippen LogP contribution >= 0.6 is 23.2 Å². The van der Waals surface area contributed by atoms with Gasteiger partial charge in [-0.25, -0.2) is 0 Å². The summed E-state index contributed by atoms with van der Waals surface area (Å²) in [7, 11) is 0. The Hall–Kier alpha value is -1.22. The van der Waals surface area contributed by atoms with Crippen molar-refractivity contribution < 1.29 is 4.74 Å². The first-order valence-electron chi connectivity index (χ1n) is 11.1. The van der Waals surface area contributed by atoms with Crippen molar-refractivity contribution in [2.75, 3.05) is 0 Å². The summed E-state index contributed by atoms with van der Waals surface area (Å²) in [6, 6.07) is 14.1. The molecule has 0 saturated heterocycles. The molecule has 4 fully saturated rings. The van der Waals surface area contributed by atoms with Crippen LogP contribution in [0.15, 0.2) is 42.5 Å². The minimum Gasteiger partial charge on any atom is -0.489 e. The van der Waals surface area contributed by atoms with Crippen molar-refractivity contribution in [1.82, 2.24) is 5.32 Å². The molecule has 0 spiro atoms. The number of hydrogen-bond donors (Lipinski definition) is 1. The Morgan fingerprint density at radius 2 is 1.53 bits per heavy atom. The first-order valence-corrected chi connectivity index (χ1v) is 11.9. The minimum atomic E-state index is 0.339. The summed E-state index contributed by atoms with van der Waals surface area (Å²) in [6.07, 6.45) is 8.36. The fraction of sp³-hybridized carbons (Fsp3) is 0.538. The van der Waals surface area contributed by atoms with Gasteiger partial charge >= 0.3 is 0 Å². The van der Waals surface area contributed by atoms with E-state index in [0.29, 0.717) is 33.0 Å². The summed E-state index contributed by atoms with van der Waals surface area (Å²) in [6.45, 7) is 6.49. The molecule has 4 saturated carbocycles. The summed E-state index contributed by atoms with van der Waals surface area (Å²) in [5.41, 5.74) is 3.76. The molecule has 2 aromatic rings. The summed E-state index contributed by atoms with van der Waals surface area (Å²) >= 11 is 12.1. The molecule has 0 radical (unpaired) electrons. The Kier molecular flexibility index (Phi) is 5.12. The lowest BCUT2D eigenvalue weighted by molar-refractivity contribution is -0.118. The molecule has 2 unspecified atom stereocenters. The second-order valence-corrected chi connectivity index (χ2v) is 11.8. The lowest BCUT2D eigenvalue weighted by atomic mass is 9.43. The van der Waals surface area contributed by atoms with Crippen LogP contribution in [0.5, 0.6) is 5.75 Å². The van der Waals surface area contributed by atoms with Gasteiger partial charge in [0.25, 0.3) is 0 Å². The van der Waals surface area contributed by atoms with Crippen LogP contribution in [0, 0.1) is 16.7 Å². The normalized spacial score (nSPS) is 34.3. The maximum atomic E-state index is 6.09. The second-order valence-electron chi connectivity index (χ2n) is 10.9. The molecule has 2 atom stereocenters. The number of nitrogens with one attached hydrogen (secondary N) is 1. The highest BCUT2D eigenvalue weighted by atomic mass is 35.5. The highest BCUT2D eigenvalue weighted by molar-refractivity contribution is 6.42. The molecule has 4 heteroatoms. The third-order valence-electron chi connectivity index (χ3n) is 7.61. The van der Waals surface area contributed by atoms with Gasteiger partial charge in [-0.05, 0) is 90.7 Å². The average Bonchev–Trinajstić information content (AvgIpc) is 2.65. The van der Waals surface area contributed by atoms with Crippen molar-refractivity contribution in [1.29, 1.82) is 0 Å². The molecule has 6 rings (SSSR count). The van der Waals surface area contributed by atoms with E-state index < -0.39 is 0 Å². The Bertz CT molecular complexity index is 923. The maximum absolute atomic E-state index is 6.09. The van der Waals surface area contributed by atoms with E-state index in [2.05, 4.69) is 43.4 Å². The zero-order valence-electron chi connectivity index (χ0n) is 17.9. The van der Waals surface area contributed by atoms with Gasteiger partial charge in [0.15, 0.2) is 0 Å². The number of rotatable bonds is 6. The van der Waals surface area contributed by atoms with Crippen LogP contribution in [0.25, 0.3) is 0 Å². The molecule has 4 aliphatic rings. The first-order chi connectivity index (χ1) is 14.2. The quantitative estimate of drug-likeness (QED) is 0.501. The topological polar surface area (TPSA) is 21.3 Å². The number of halogens is 2. The van der Waals surface area contributed by atoms with Crippen LogP contribution in [-0.2, 0) is 13.2 Å². The predicted molar refractivity (Wildman–Crippen MR) is 124 cm³/mol. The summed E-state index contributed by atoms with van der Waals surface area (Å²) in [5.74, 6) is 1.79. The van der Waals surface area contributed by atoms with Crippen LogP contribution in [0.1, 0.15) is 63.5 Å². The molecule has 30 heavy (non-hydrogen) atoms. The molecule has 0 aliphatic heterocycles. The van der Waals surface area contributed by atoms with E-state index in [9.17, 15) is 0 Å². The van der Waals surface area contributed by atoms with Gasteiger partial charge in [0, 0.05) is 12.1 Å². The Morgan fingerprint density at radius 1 is 0.867 bits per heavy atom. The van der Waals surface area contributed by atoms with Gasteiger partial charge in [0.1, 0.15) is 12.4 Å². The van der Waals surface area contributed by atoms with E-state index in [4.69, 9.17) is 27.9 Å². The van der Waals surface area contributed by atoms with Gasteiger partial charge in [-0.2, -0.15) is 0 Å². The Morgan fingerprint density at radius 3 is 2.17 bits per heavy atom. The van der Waals surface area contributed by atoms with E-state index in [-0.39, 0.29) is 0 Å². The second kappa shape index (κ2) is 7.43. The van der Waals surface area contributed by atoms with Crippen LogP contribution in [0.2, 0.25) is 10.0 Å². The van der Waals surface area contributed by atoms with Crippen molar-refractivity contribution in [2.24, 2.45) is 16.7 Å². The zero-order chi connectivity index (χ0) is 21.0. The lowest BCUT2D eigenvalue weighted by Crippen LogP contribution is -2.63. The van der Waals surface area contributed by atoms with Crippen molar-refractivity contribution in [3.63, 3.8) is 0 Å². The van der Waals surface area contributed by atoms with E-state index in [1.807, 2.05) is 18.2 Å². The van der Waals surface area contributed by atoms with E-state index in [0.717, 1.165) is 23.8 Å². The lowest BCUT2D eigenvalue weighted by Gasteiger charge is -2.65. The van der Waals surface area contributed by atoms with Crippen molar-refractivity contribution in [3.05, 3.63) is 63.6 Å². The number of benzene rings is 2. The summed E-state index contributed by atoms with van der Waals surface area (Å²) in [5, 5.41) is 5.15. The highest BCUT2D eigenvalue weighted by Gasteiger charge is 2.59. The standard InChI is InChI=1S/C26H31Cl2NO/c1-24-10-20-11-25(2,15-24)17-26(12-20,16-24)29-13-18-3-6-21(7-4-18)30-14-19-5-8-22(27)23(28)9-19/h3-9,20,29H,10-17H2,1-2H3. The van der Waals surface area contributed by atoms with Gasteiger partial charge < -0.3 is 10.1 Å². The van der Waals surface area contributed by atoms with Crippen molar-refractivity contribution >= 4 is 23.2 Å². The molecule has 0 aromatic heterocycles. The van der Waals surface area contributed by atoms with E-state index in [1.165, 1.54) is 44.1 Å². The van der Waals surface area contributed by atoms with E-state index in [1.54, 1.807) is 0 Å². The van der Waals surface area contributed by atoms with Gasteiger partial charge in [-0.3, -0.25) is 0 Å². The molecule has 4 aliphatic carbocycles. The van der Waals surface area contributed by atoms with Crippen molar-refractivity contribution in [3.8, 4) is 5.75 Å². The smallest absolute Gasteiger partial charge is 0.119 e. The Balaban J connectivity index is 1.19. The predicted octanol–water partition coefficient (Wildman–Crippen LogP) is 7.41. The highest BCUT2D eigenvalue weighted by Crippen LogP contribution is 2.66. The van der Waals surface area contributed by atoms with Crippen LogP contribution in [0.4, 0.5) is 0 Å². The zero-order valence-corrected chi connectivity index (χ0v) is 19.5. The molecule has 160 valence electrons. The SMILES string of the molecule is CC12CC3CC(C)(C1)CC(NCc1ccc(OCc4ccc(Cl)c(Cl)c4)cc1)(C3)C2. The number of hydrogen-bond acceptors (Lipinski definition) is 2. The Labute approximate surface area is 190 Å². The van der Waals surface area contributed by atoms with E-state index >= 15 is 0 Å². The third kappa shape index (κ3) is 4.11. The molecular formula is C26H31Cl2NO. The molecule has 0 heterocycles. The molecule has 2 nitrogen and oxygen atoms in total. The van der Waals surface area contributed by atoms with Gasteiger partial charge in [0.05, 0.1) is 10.0 Å². The van der Waals surface area contributed by atoms with Gasteiger partial charge in [-0.15, -0.1) is 0 Å². The van der Waals surface area contributed by atoms with Gasteiger partial charge in [0.2, 0.25) is 0 Å². The molecular weight excluding hydrogens is 413 g/mol. The molecule has 0 amide bonds. The summed E-state index contributed by atoms with van der Waals surface area (Å²) in [4.78, 5) is 0. The van der Waals surface area contributed by atoms with Crippen LogP contribution in [-0.4, -0.2) is 5.54 Å². The first kappa shape index (κ1) is 20.7. The summed E-state index contributed by atoms with van der Waals surface area (Å²) < 4.78 is 5.92. The fourth-order valence-electron chi connectivity index (χ4n) is 7.43. The third-order valence-corrected chi connectivity index (χ3v) is 8.35. The molecule has 4 bridgehead atoms. The average molecular weight is 444 g/mol. The monoisotopic (exact) mass is 443 g/mol. The van der Waals surface area contributed by atoms with Crippen LogP contribution < -0.4 is 10.1 Å². The maximum Gasteiger partial charge on any atom is 0.119 e.